The van der Waals surface area contributed by atoms with Gasteiger partial charge in [0.15, 0.2) is 0 Å². The van der Waals surface area contributed by atoms with Crippen molar-refractivity contribution in [3.8, 4) is 0 Å². The van der Waals surface area contributed by atoms with Crippen molar-refractivity contribution in [2.24, 2.45) is 0 Å². The minimum Gasteiger partial charge on any atom is -0.394 e. The molecule has 0 bridgehead atoms. The summed E-state index contributed by atoms with van der Waals surface area (Å²) >= 11 is 0. The fourth-order valence-corrected chi connectivity index (χ4v) is 6.93. The molecular formula is C11H28O2Si. The van der Waals surface area contributed by atoms with Crippen LogP contribution in [-0.4, -0.2) is 32.2 Å². The van der Waals surface area contributed by atoms with E-state index in [0.29, 0.717) is 0 Å². The molecule has 0 aromatic heterocycles. The standard InChI is InChI=1S/C9H22Si.C2H6O2/c1-7(2)10(8(3)4)9(5)6;3-1-2-4/h7-10H,1-6H3;3-4H,1-2H2. The first-order valence-corrected chi connectivity index (χ1v) is 7.60. The van der Waals surface area contributed by atoms with Crippen molar-refractivity contribution in [1.29, 1.82) is 0 Å². The second-order valence-electron chi connectivity index (χ2n) is 4.76. The minimum absolute atomic E-state index is 0.125. The predicted octanol–water partition coefficient (Wildman–Crippen LogP) is 2.41. The first-order chi connectivity index (χ1) is 6.38. The van der Waals surface area contributed by atoms with Gasteiger partial charge in [-0.1, -0.05) is 58.2 Å². The van der Waals surface area contributed by atoms with Gasteiger partial charge in [-0.2, -0.15) is 0 Å². The monoisotopic (exact) mass is 220 g/mol. The van der Waals surface area contributed by atoms with E-state index in [1.807, 2.05) is 0 Å². The van der Waals surface area contributed by atoms with Crippen molar-refractivity contribution < 1.29 is 10.2 Å². The molecule has 0 saturated carbocycles. The van der Waals surface area contributed by atoms with Gasteiger partial charge in [-0.05, 0) is 0 Å². The number of aliphatic hydroxyl groups excluding tert-OH is 2. The Hall–Kier alpha value is 0.137. The predicted molar refractivity (Wildman–Crippen MR) is 66.6 cm³/mol. The minimum atomic E-state index is -0.454. The summed E-state index contributed by atoms with van der Waals surface area (Å²) in [6.45, 7) is 14.1. The highest BCUT2D eigenvalue weighted by Gasteiger charge is 2.22. The van der Waals surface area contributed by atoms with Crippen molar-refractivity contribution in [2.45, 2.75) is 58.2 Å². The molecule has 0 saturated heterocycles. The van der Waals surface area contributed by atoms with E-state index in [2.05, 4.69) is 41.5 Å². The molecule has 0 atom stereocenters. The Kier molecular flexibility index (Phi) is 11.5. The van der Waals surface area contributed by atoms with Crippen LogP contribution in [0.15, 0.2) is 0 Å². The Labute approximate surface area is 91.0 Å². The lowest BCUT2D eigenvalue weighted by molar-refractivity contribution is 0.186. The molecule has 0 aromatic carbocycles. The fraction of sp³-hybridized carbons (Fsp3) is 1.00. The third kappa shape index (κ3) is 8.72. The van der Waals surface area contributed by atoms with Crippen LogP contribution in [0.1, 0.15) is 41.5 Å². The largest absolute Gasteiger partial charge is 0.394 e. The third-order valence-corrected chi connectivity index (χ3v) is 7.03. The summed E-state index contributed by atoms with van der Waals surface area (Å²) in [4.78, 5) is 0. The normalized spacial score (nSPS) is 11.1. The fourth-order valence-electron chi connectivity index (χ4n) is 2.31. The molecular weight excluding hydrogens is 192 g/mol. The summed E-state index contributed by atoms with van der Waals surface area (Å²) in [5.41, 5.74) is 2.92. The molecule has 88 valence electrons. The van der Waals surface area contributed by atoms with Crippen LogP contribution in [0.4, 0.5) is 0 Å². The van der Waals surface area contributed by atoms with Crippen LogP contribution in [0.5, 0.6) is 0 Å². The van der Waals surface area contributed by atoms with Crippen molar-refractivity contribution in [1.82, 2.24) is 0 Å². The van der Waals surface area contributed by atoms with E-state index in [1.165, 1.54) is 0 Å². The highest BCUT2D eigenvalue weighted by molar-refractivity contribution is 6.63. The first kappa shape index (κ1) is 16.6. The molecule has 0 radical (unpaired) electrons. The maximum absolute atomic E-state index is 7.62. The van der Waals surface area contributed by atoms with Gasteiger partial charge in [-0.25, -0.2) is 0 Å². The maximum Gasteiger partial charge on any atom is 0.0662 e. The zero-order valence-electron chi connectivity index (χ0n) is 10.6. The lowest BCUT2D eigenvalue weighted by Crippen LogP contribution is -2.24. The molecule has 0 aromatic rings. The van der Waals surface area contributed by atoms with Gasteiger partial charge in [-0.15, -0.1) is 0 Å². The Bertz CT molecular complexity index is 92.8. The van der Waals surface area contributed by atoms with Crippen molar-refractivity contribution >= 4 is 8.80 Å². The van der Waals surface area contributed by atoms with Crippen LogP contribution in [0, 0.1) is 0 Å². The van der Waals surface area contributed by atoms with Crippen LogP contribution < -0.4 is 0 Å². The van der Waals surface area contributed by atoms with E-state index in [0.717, 1.165) is 16.6 Å². The summed E-state index contributed by atoms with van der Waals surface area (Å²) in [6, 6.07) is 0. The molecule has 3 heteroatoms. The highest BCUT2D eigenvalue weighted by Crippen LogP contribution is 2.28. The molecule has 0 unspecified atom stereocenters. The van der Waals surface area contributed by atoms with Gasteiger partial charge in [0.05, 0.1) is 13.2 Å². The SMILES string of the molecule is CC(C)[SiH](C(C)C)C(C)C.OCCO. The first-order valence-electron chi connectivity index (χ1n) is 5.60. The zero-order chi connectivity index (χ0) is 11.7. The van der Waals surface area contributed by atoms with Gasteiger partial charge in [0.25, 0.3) is 0 Å². The maximum atomic E-state index is 7.62. The van der Waals surface area contributed by atoms with E-state index in [-0.39, 0.29) is 13.2 Å². The average molecular weight is 220 g/mol. The van der Waals surface area contributed by atoms with E-state index >= 15 is 0 Å². The van der Waals surface area contributed by atoms with Crippen molar-refractivity contribution in [2.75, 3.05) is 13.2 Å². The van der Waals surface area contributed by atoms with Gasteiger partial charge in [0.1, 0.15) is 0 Å². The zero-order valence-corrected chi connectivity index (χ0v) is 11.8. The lowest BCUT2D eigenvalue weighted by Gasteiger charge is -2.26. The summed E-state index contributed by atoms with van der Waals surface area (Å²) in [6.07, 6.45) is 0. The lowest BCUT2D eigenvalue weighted by atomic mass is 10.5. The molecule has 0 aliphatic rings. The van der Waals surface area contributed by atoms with Crippen molar-refractivity contribution in [3.05, 3.63) is 0 Å². The average Bonchev–Trinajstić information content (AvgIpc) is 2.02. The number of hydrogen-bond donors (Lipinski definition) is 2. The summed E-state index contributed by atoms with van der Waals surface area (Å²) < 4.78 is 0. The molecule has 0 amide bonds. The van der Waals surface area contributed by atoms with Gasteiger partial charge < -0.3 is 10.2 Å². The Morgan fingerprint density at radius 1 is 0.714 bits per heavy atom. The number of rotatable bonds is 4. The van der Waals surface area contributed by atoms with Crippen LogP contribution in [0.2, 0.25) is 16.6 Å². The molecule has 0 aliphatic heterocycles. The molecule has 0 rings (SSSR count). The summed E-state index contributed by atoms with van der Waals surface area (Å²) in [7, 11) is -0.454. The number of hydrogen-bond acceptors (Lipinski definition) is 2. The summed E-state index contributed by atoms with van der Waals surface area (Å²) in [5, 5.41) is 15.2. The van der Waals surface area contributed by atoms with E-state index < -0.39 is 8.80 Å². The van der Waals surface area contributed by atoms with Gasteiger partial charge in [0, 0.05) is 8.80 Å². The van der Waals surface area contributed by atoms with Gasteiger partial charge in [0.2, 0.25) is 0 Å². The molecule has 14 heavy (non-hydrogen) atoms. The third-order valence-electron chi connectivity index (χ3n) is 2.41. The van der Waals surface area contributed by atoms with Crippen LogP contribution in [-0.2, 0) is 0 Å². The molecule has 0 spiro atoms. The smallest absolute Gasteiger partial charge is 0.0662 e. The topological polar surface area (TPSA) is 40.5 Å². The van der Waals surface area contributed by atoms with Crippen LogP contribution >= 0.6 is 0 Å². The quantitative estimate of drug-likeness (QED) is 0.714. The Morgan fingerprint density at radius 3 is 0.929 bits per heavy atom. The Morgan fingerprint density at radius 2 is 0.929 bits per heavy atom. The molecule has 2 nitrogen and oxygen atoms in total. The summed E-state index contributed by atoms with van der Waals surface area (Å²) in [5.74, 6) is 0. The van der Waals surface area contributed by atoms with Gasteiger partial charge in [-0.3, -0.25) is 0 Å². The second-order valence-corrected chi connectivity index (χ2v) is 9.91. The van der Waals surface area contributed by atoms with E-state index in [4.69, 9.17) is 10.2 Å². The number of aliphatic hydroxyl groups is 2. The second kappa shape index (κ2) is 9.68. The van der Waals surface area contributed by atoms with Crippen LogP contribution in [0.25, 0.3) is 0 Å². The molecule has 2 N–H and O–H groups in total. The van der Waals surface area contributed by atoms with Crippen molar-refractivity contribution in [3.63, 3.8) is 0 Å². The van der Waals surface area contributed by atoms with Gasteiger partial charge >= 0.3 is 0 Å². The van der Waals surface area contributed by atoms with E-state index in [1.54, 1.807) is 0 Å². The highest BCUT2D eigenvalue weighted by atomic mass is 28.3. The van der Waals surface area contributed by atoms with Crippen LogP contribution in [0.3, 0.4) is 0 Å². The molecule has 0 fully saturated rings. The Balaban J connectivity index is 0. The van der Waals surface area contributed by atoms with E-state index in [9.17, 15) is 0 Å². The molecule has 0 heterocycles. The molecule has 0 aliphatic carbocycles.